The van der Waals surface area contributed by atoms with Crippen LogP contribution in [0.4, 0.5) is 0 Å². The first kappa shape index (κ1) is 4.43. The maximum absolute atomic E-state index is 10.4. The molecule has 0 spiro atoms. The fourth-order valence-corrected chi connectivity index (χ4v) is 0.429. The van der Waals surface area contributed by atoms with E-state index in [0.717, 1.165) is 0 Å². The first-order valence-electron chi connectivity index (χ1n) is 2.20. The molecule has 0 amide bonds. The van der Waals surface area contributed by atoms with E-state index < -0.39 is 0 Å². The minimum atomic E-state index is -0.167. The van der Waals surface area contributed by atoms with E-state index in [0.29, 0.717) is 6.54 Å². The smallest absolute Gasteiger partial charge is 0.182 e. The highest BCUT2D eigenvalue weighted by Gasteiger charge is 2.15. The van der Waals surface area contributed by atoms with Crippen molar-refractivity contribution >= 4 is 5.78 Å². The average Bonchev–Trinajstić information content (AvgIpc) is 1.91. The molecule has 0 aromatic carbocycles. The average molecular weight is 98.1 g/mol. The van der Waals surface area contributed by atoms with Crippen molar-refractivity contribution < 1.29 is 4.79 Å². The van der Waals surface area contributed by atoms with Crippen LogP contribution in [0.3, 0.4) is 0 Å². The Morgan fingerprint density at radius 2 is 2.57 bits per heavy atom. The molecule has 1 unspecified atom stereocenters. The Morgan fingerprint density at radius 1 is 1.86 bits per heavy atom. The number of azo groups is 1. The third kappa shape index (κ3) is 0.656. The maximum Gasteiger partial charge on any atom is 0.182 e. The molecular formula is C4H6N2O. The largest absolute Gasteiger partial charge is 0.295 e. The summed E-state index contributed by atoms with van der Waals surface area (Å²) in [5.41, 5.74) is 0. The fraction of sp³-hybridized carbons (Fsp3) is 0.750. The number of hydrogen-bond donors (Lipinski definition) is 0. The number of rotatable bonds is 0. The zero-order valence-electron chi connectivity index (χ0n) is 4.09. The first-order chi connectivity index (χ1) is 3.30. The Bertz CT molecular complexity index is 119. The minimum Gasteiger partial charge on any atom is -0.295 e. The number of hydrogen-bond acceptors (Lipinski definition) is 3. The van der Waals surface area contributed by atoms with Gasteiger partial charge in [0.15, 0.2) is 5.78 Å². The molecule has 0 aromatic rings. The SMILES string of the molecule is CC1N=NCC1=O. The van der Waals surface area contributed by atoms with Crippen molar-refractivity contribution in [2.24, 2.45) is 10.2 Å². The molecule has 3 nitrogen and oxygen atoms in total. The van der Waals surface area contributed by atoms with Gasteiger partial charge in [0.05, 0.1) is 0 Å². The second-order valence-electron chi connectivity index (χ2n) is 1.56. The van der Waals surface area contributed by atoms with E-state index in [2.05, 4.69) is 10.2 Å². The second kappa shape index (κ2) is 1.40. The topological polar surface area (TPSA) is 41.8 Å². The summed E-state index contributed by atoms with van der Waals surface area (Å²) in [6.45, 7) is 2.04. The van der Waals surface area contributed by atoms with Gasteiger partial charge in [-0.2, -0.15) is 10.2 Å². The second-order valence-corrected chi connectivity index (χ2v) is 1.56. The van der Waals surface area contributed by atoms with Gasteiger partial charge in [0.1, 0.15) is 12.6 Å². The minimum absolute atomic E-state index is 0.125. The molecule has 0 fully saturated rings. The highest BCUT2D eigenvalue weighted by molar-refractivity contribution is 5.86. The first-order valence-corrected chi connectivity index (χ1v) is 2.20. The van der Waals surface area contributed by atoms with Gasteiger partial charge >= 0.3 is 0 Å². The van der Waals surface area contributed by atoms with Crippen molar-refractivity contribution in [2.75, 3.05) is 6.54 Å². The molecule has 1 heterocycles. The van der Waals surface area contributed by atoms with Crippen molar-refractivity contribution in [3.05, 3.63) is 0 Å². The molecule has 1 rings (SSSR count). The van der Waals surface area contributed by atoms with E-state index >= 15 is 0 Å². The predicted octanol–water partition coefficient (Wildman–Crippen LogP) is 0.410. The molecule has 0 saturated heterocycles. The summed E-state index contributed by atoms with van der Waals surface area (Å²) in [6.07, 6.45) is 0. The van der Waals surface area contributed by atoms with Crippen molar-refractivity contribution in [3.63, 3.8) is 0 Å². The highest BCUT2D eigenvalue weighted by atomic mass is 16.1. The van der Waals surface area contributed by atoms with Crippen molar-refractivity contribution in [1.82, 2.24) is 0 Å². The monoisotopic (exact) mass is 98.0 g/mol. The van der Waals surface area contributed by atoms with Crippen LogP contribution < -0.4 is 0 Å². The van der Waals surface area contributed by atoms with E-state index in [1.54, 1.807) is 6.92 Å². The third-order valence-corrected chi connectivity index (χ3v) is 0.947. The molecule has 0 saturated carbocycles. The van der Waals surface area contributed by atoms with Gasteiger partial charge in [-0.3, -0.25) is 4.79 Å². The van der Waals surface area contributed by atoms with Crippen LogP contribution in [0.1, 0.15) is 6.92 Å². The lowest BCUT2D eigenvalue weighted by Crippen LogP contribution is -2.09. The van der Waals surface area contributed by atoms with Crippen LogP contribution in [0.5, 0.6) is 0 Å². The van der Waals surface area contributed by atoms with Gasteiger partial charge < -0.3 is 0 Å². The van der Waals surface area contributed by atoms with Crippen LogP contribution in [-0.2, 0) is 4.79 Å². The van der Waals surface area contributed by atoms with E-state index in [1.165, 1.54) is 0 Å². The molecule has 7 heavy (non-hydrogen) atoms. The number of carbonyl (C=O) groups is 1. The third-order valence-electron chi connectivity index (χ3n) is 0.947. The van der Waals surface area contributed by atoms with Gasteiger partial charge in [-0.15, -0.1) is 0 Å². The molecule has 3 heteroatoms. The number of Topliss-reactive ketones (excluding diaryl/α,β-unsaturated/α-hetero) is 1. The molecule has 1 aliphatic heterocycles. The van der Waals surface area contributed by atoms with E-state index in [-0.39, 0.29) is 11.8 Å². The number of nitrogens with zero attached hydrogens (tertiary/aromatic N) is 2. The summed E-state index contributed by atoms with van der Waals surface area (Å²) < 4.78 is 0. The summed E-state index contributed by atoms with van der Waals surface area (Å²) in [5, 5.41) is 7.11. The van der Waals surface area contributed by atoms with Crippen LogP contribution in [0, 0.1) is 0 Å². The molecule has 0 bridgehead atoms. The number of carbonyl (C=O) groups excluding carboxylic acids is 1. The highest BCUT2D eigenvalue weighted by Crippen LogP contribution is 2.00. The van der Waals surface area contributed by atoms with Crippen molar-refractivity contribution in [1.29, 1.82) is 0 Å². The molecule has 1 atom stereocenters. The molecule has 0 aliphatic carbocycles. The summed E-state index contributed by atoms with van der Waals surface area (Å²) in [4.78, 5) is 10.4. The van der Waals surface area contributed by atoms with Crippen LogP contribution in [0.15, 0.2) is 10.2 Å². The Kier molecular flexibility index (Phi) is 0.889. The lowest BCUT2D eigenvalue weighted by atomic mass is 10.2. The van der Waals surface area contributed by atoms with Gasteiger partial charge in [0.25, 0.3) is 0 Å². The van der Waals surface area contributed by atoms with Crippen LogP contribution in [-0.4, -0.2) is 18.4 Å². The molecule has 0 N–H and O–H groups in total. The normalized spacial score (nSPS) is 29.3. The van der Waals surface area contributed by atoms with E-state index in [1.807, 2.05) is 0 Å². The van der Waals surface area contributed by atoms with Crippen molar-refractivity contribution in [2.45, 2.75) is 13.0 Å². The standard InChI is InChI=1S/C4H6N2O/c1-3-4(7)2-5-6-3/h3H,2H2,1H3. The van der Waals surface area contributed by atoms with E-state index in [9.17, 15) is 4.79 Å². The Hall–Kier alpha value is -0.730. The maximum atomic E-state index is 10.4. The molecule has 1 aliphatic rings. The van der Waals surface area contributed by atoms with Gasteiger partial charge in [0, 0.05) is 0 Å². The van der Waals surface area contributed by atoms with Crippen molar-refractivity contribution in [3.8, 4) is 0 Å². The lowest BCUT2D eigenvalue weighted by Gasteiger charge is -1.85. The Morgan fingerprint density at radius 3 is 2.71 bits per heavy atom. The molecular weight excluding hydrogens is 92.1 g/mol. The molecule has 38 valence electrons. The summed E-state index contributed by atoms with van der Waals surface area (Å²) in [7, 11) is 0. The van der Waals surface area contributed by atoms with Crippen LogP contribution in [0.25, 0.3) is 0 Å². The van der Waals surface area contributed by atoms with Crippen LogP contribution in [0.2, 0.25) is 0 Å². The summed E-state index contributed by atoms with van der Waals surface area (Å²) >= 11 is 0. The zero-order valence-corrected chi connectivity index (χ0v) is 4.09. The zero-order chi connectivity index (χ0) is 5.28. The predicted molar refractivity (Wildman–Crippen MR) is 24.2 cm³/mol. The van der Waals surface area contributed by atoms with Gasteiger partial charge in [0.2, 0.25) is 0 Å². The Labute approximate surface area is 41.4 Å². The summed E-state index contributed by atoms with van der Waals surface area (Å²) in [6, 6.07) is -0.167. The summed E-state index contributed by atoms with van der Waals surface area (Å²) in [5.74, 6) is 0.125. The van der Waals surface area contributed by atoms with Gasteiger partial charge in [-0.25, -0.2) is 0 Å². The number of ketones is 1. The molecule has 0 aromatic heterocycles. The van der Waals surface area contributed by atoms with Crippen LogP contribution >= 0.6 is 0 Å². The lowest BCUT2D eigenvalue weighted by molar-refractivity contribution is -0.117. The van der Waals surface area contributed by atoms with Gasteiger partial charge in [-0.1, -0.05) is 0 Å². The fourth-order valence-electron chi connectivity index (χ4n) is 0.429. The molecule has 0 radical (unpaired) electrons. The quantitative estimate of drug-likeness (QED) is 0.432. The van der Waals surface area contributed by atoms with Gasteiger partial charge in [-0.05, 0) is 6.92 Å². The van der Waals surface area contributed by atoms with E-state index in [4.69, 9.17) is 0 Å². The Balaban J connectivity index is 2.62.